The van der Waals surface area contributed by atoms with Crippen molar-refractivity contribution in [3.8, 4) is 5.69 Å². The molecular weight excluding hydrogens is 271 g/mol. The summed E-state index contributed by atoms with van der Waals surface area (Å²) in [6.07, 6.45) is -3.80. The Morgan fingerprint density at radius 2 is 2.10 bits per heavy atom. The number of hydrogen-bond donors (Lipinski definition) is 1. The molecule has 0 fully saturated rings. The molecule has 0 saturated heterocycles. The van der Waals surface area contributed by atoms with Crippen LogP contribution in [0.25, 0.3) is 5.69 Å². The lowest BCUT2D eigenvalue weighted by atomic mass is 10.1. The van der Waals surface area contributed by atoms with E-state index in [0.29, 0.717) is 31.1 Å². The van der Waals surface area contributed by atoms with E-state index in [1.54, 1.807) is 6.07 Å². The molecule has 0 amide bonds. The van der Waals surface area contributed by atoms with Gasteiger partial charge in [0.2, 0.25) is 0 Å². The summed E-state index contributed by atoms with van der Waals surface area (Å²) in [4.78, 5) is 0. The van der Waals surface area contributed by atoms with Crippen LogP contribution in [0.15, 0.2) is 24.3 Å². The van der Waals surface area contributed by atoms with E-state index in [9.17, 15) is 13.2 Å². The molecule has 0 bridgehead atoms. The quantitative estimate of drug-likeness (QED) is 0.875. The van der Waals surface area contributed by atoms with E-state index in [0.717, 1.165) is 23.4 Å². The molecule has 7 heteroatoms. The second kappa shape index (κ2) is 4.52. The largest absolute Gasteiger partial charge is 0.416 e. The van der Waals surface area contributed by atoms with Crippen molar-refractivity contribution in [1.82, 2.24) is 9.78 Å². The molecule has 106 valence electrons. The molecule has 2 N–H and O–H groups in total. The highest BCUT2D eigenvalue weighted by atomic mass is 19.4. The van der Waals surface area contributed by atoms with Crippen molar-refractivity contribution in [2.24, 2.45) is 0 Å². The number of benzene rings is 1. The van der Waals surface area contributed by atoms with Crippen LogP contribution in [0.3, 0.4) is 0 Å². The predicted octanol–water partition coefficient (Wildman–Crippen LogP) is 2.55. The van der Waals surface area contributed by atoms with Crippen molar-refractivity contribution in [3.05, 3.63) is 41.1 Å². The fourth-order valence-electron chi connectivity index (χ4n) is 2.29. The van der Waals surface area contributed by atoms with Crippen LogP contribution in [-0.4, -0.2) is 16.4 Å². The molecule has 0 saturated carbocycles. The highest BCUT2D eigenvalue weighted by molar-refractivity contribution is 5.48. The van der Waals surface area contributed by atoms with Crippen molar-refractivity contribution in [3.63, 3.8) is 0 Å². The minimum Gasteiger partial charge on any atom is -0.382 e. The average Bonchev–Trinajstić information content (AvgIpc) is 2.76. The number of nitrogen functional groups attached to an aromatic ring is 1. The lowest BCUT2D eigenvalue weighted by Gasteiger charge is -2.15. The highest BCUT2D eigenvalue weighted by Gasteiger charge is 2.31. The highest BCUT2D eigenvalue weighted by Crippen LogP contribution is 2.31. The average molecular weight is 283 g/mol. The summed E-state index contributed by atoms with van der Waals surface area (Å²) in [6.45, 7) is 0.858. The maximum atomic E-state index is 12.8. The molecular formula is C13H12F3N3O. The summed E-state index contributed by atoms with van der Waals surface area (Å²) in [5.41, 5.74) is 7.01. The Labute approximate surface area is 112 Å². The van der Waals surface area contributed by atoms with Crippen molar-refractivity contribution < 1.29 is 17.9 Å². The topological polar surface area (TPSA) is 53.1 Å². The molecule has 0 aliphatic carbocycles. The van der Waals surface area contributed by atoms with Crippen LogP contribution < -0.4 is 5.73 Å². The third-order valence-corrected chi connectivity index (χ3v) is 3.27. The molecule has 2 heterocycles. The van der Waals surface area contributed by atoms with E-state index < -0.39 is 11.7 Å². The number of anilines is 1. The van der Waals surface area contributed by atoms with Crippen LogP contribution in [0, 0.1) is 0 Å². The first-order valence-electron chi connectivity index (χ1n) is 6.08. The van der Waals surface area contributed by atoms with E-state index in [1.165, 1.54) is 10.7 Å². The lowest BCUT2D eigenvalue weighted by Crippen LogP contribution is -2.13. The molecule has 4 nitrogen and oxygen atoms in total. The first kappa shape index (κ1) is 13.0. The number of aromatic nitrogens is 2. The van der Waals surface area contributed by atoms with Gasteiger partial charge in [-0.2, -0.15) is 18.3 Å². The molecule has 1 aliphatic rings. The minimum atomic E-state index is -4.38. The van der Waals surface area contributed by atoms with Gasteiger partial charge in [-0.05, 0) is 18.2 Å². The Bertz CT molecular complexity index is 649. The maximum absolute atomic E-state index is 12.8. The van der Waals surface area contributed by atoms with Gasteiger partial charge in [-0.3, -0.25) is 0 Å². The molecule has 0 unspecified atom stereocenters. The number of alkyl halides is 3. The second-order valence-corrected chi connectivity index (χ2v) is 4.57. The number of hydrogen-bond acceptors (Lipinski definition) is 3. The van der Waals surface area contributed by atoms with Gasteiger partial charge >= 0.3 is 6.18 Å². The van der Waals surface area contributed by atoms with E-state index in [1.807, 2.05) is 0 Å². The molecule has 0 radical (unpaired) electrons. The monoisotopic (exact) mass is 283 g/mol. The lowest BCUT2D eigenvalue weighted by molar-refractivity contribution is -0.137. The van der Waals surface area contributed by atoms with Crippen molar-refractivity contribution in [2.75, 3.05) is 12.3 Å². The van der Waals surface area contributed by atoms with Crippen LogP contribution in [0.5, 0.6) is 0 Å². The van der Waals surface area contributed by atoms with Gasteiger partial charge in [0, 0.05) is 12.0 Å². The van der Waals surface area contributed by atoms with Gasteiger partial charge in [0.15, 0.2) is 5.82 Å². The van der Waals surface area contributed by atoms with Gasteiger partial charge in [-0.15, -0.1) is 0 Å². The Morgan fingerprint density at radius 1 is 1.30 bits per heavy atom. The summed E-state index contributed by atoms with van der Waals surface area (Å²) >= 11 is 0. The van der Waals surface area contributed by atoms with Crippen LogP contribution in [-0.2, 0) is 23.9 Å². The number of halogens is 3. The number of nitrogens with zero attached hydrogens (tertiary/aromatic N) is 2. The molecule has 1 aromatic heterocycles. The molecule has 0 atom stereocenters. The maximum Gasteiger partial charge on any atom is 0.416 e. The Balaban J connectivity index is 2.10. The summed E-state index contributed by atoms with van der Waals surface area (Å²) < 4.78 is 45.0. The van der Waals surface area contributed by atoms with E-state index in [4.69, 9.17) is 10.5 Å². The summed E-state index contributed by atoms with van der Waals surface area (Å²) in [6, 6.07) is 5.05. The molecule has 1 aliphatic heterocycles. The summed E-state index contributed by atoms with van der Waals surface area (Å²) in [5, 5.41) is 4.13. The van der Waals surface area contributed by atoms with Gasteiger partial charge in [-0.1, -0.05) is 6.07 Å². The Hall–Kier alpha value is -2.02. The zero-order valence-corrected chi connectivity index (χ0v) is 10.4. The van der Waals surface area contributed by atoms with E-state index >= 15 is 0 Å². The molecule has 2 aromatic rings. The fourth-order valence-corrected chi connectivity index (χ4v) is 2.29. The fraction of sp³-hybridized carbons (Fsp3) is 0.308. The van der Waals surface area contributed by atoms with Crippen LogP contribution in [0.4, 0.5) is 19.0 Å². The van der Waals surface area contributed by atoms with Gasteiger partial charge in [0.05, 0.1) is 30.2 Å². The number of rotatable bonds is 1. The van der Waals surface area contributed by atoms with Gasteiger partial charge in [-0.25, -0.2) is 4.68 Å². The third-order valence-electron chi connectivity index (χ3n) is 3.27. The molecule has 3 rings (SSSR count). The number of ether oxygens (including phenoxy) is 1. The Kier molecular flexibility index (Phi) is 2.93. The summed E-state index contributed by atoms with van der Waals surface area (Å²) in [5.74, 6) is 0.303. The van der Waals surface area contributed by atoms with Crippen LogP contribution in [0.2, 0.25) is 0 Å². The first-order valence-corrected chi connectivity index (χ1v) is 6.08. The normalized spacial score (nSPS) is 15.2. The van der Waals surface area contributed by atoms with Gasteiger partial charge < -0.3 is 10.5 Å². The molecule has 1 aromatic carbocycles. The second-order valence-electron chi connectivity index (χ2n) is 4.57. The van der Waals surface area contributed by atoms with Crippen LogP contribution >= 0.6 is 0 Å². The van der Waals surface area contributed by atoms with Crippen LogP contribution in [0.1, 0.15) is 16.8 Å². The Morgan fingerprint density at radius 3 is 2.85 bits per heavy atom. The SMILES string of the molecule is Nc1nn(-c2cccc(C(F)(F)F)c2)c2c1COCC2. The van der Waals surface area contributed by atoms with Crippen molar-refractivity contribution in [1.29, 1.82) is 0 Å². The van der Waals surface area contributed by atoms with Crippen molar-refractivity contribution in [2.45, 2.75) is 19.2 Å². The third kappa shape index (κ3) is 2.14. The zero-order valence-electron chi connectivity index (χ0n) is 10.4. The first-order chi connectivity index (χ1) is 9.47. The smallest absolute Gasteiger partial charge is 0.382 e. The van der Waals surface area contributed by atoms with Gasteiger partial charge in [0.1, 0.15) is 0 Å². The predicted molar refractivity (Wildman–Crippen MR) is 66.3 cm³/mol. The van der Waals surface area contributed by atoms with E-state index in [-0.39, 0.29) is 0 Å². The standard InChI is InChI=1S/C13H12F3N3O/c14-13(15,16)8-2-1-3-9(6-8)19-11-4-5-20-7-10(11)12(17)18-19/h1-3,6H,4-5,7H2,(H2,17,18). The number of nitrogens with two attached hydrogens (primary N) is 1. The van der Waals surface area contributed by atoms with Crippen molar-refractivity contribution >= 4 is 5.82 Å². The zero-order chi connectivity index (χ0) is 14.3. The summed E-state index contributed by atoms with van der Waals surface area (Å²) in [7, 11) is 0. The van der Waals surface area contributed by atoms with Gasteiger partial charge in [0.25, 0.3) is 0 Å². The van der Waals surface area contributed by atoms with E-state index in [2.05, 4.69) is 5.10 Å². The number of fused-ring (bicyclic) bond motifs is 1. The minimum absolute atomic E-state index is 0.303. The molecule has 20 heavy (non-hydrogen) atoms. The molecule has 0 spiro atoms.